The topological polar surface area (TPSA) is 67.1 Å². The van der Waals surface area contributed by atoms with E-state index in [1.165, 1.54) is 6.07 Å². The third-order valence-electron chi connectivity index (χ3n) is 5.52. The minimum absolute atomic E-state index is 0.326. The van der Waals surface area contributed by atoms with E-state index in [1.54, 1.807) is 31.6 Å². The molecule has 3 heterocycles. The highest BCUT2D eigenvalue weighted by Crippen LogP contribution is 2.39. The third kappa shape index (κ3) is 3.29. The molecular weight excluding hydrogens is 393 g/mol. The molecule has 1 aliphatic rings. The van der Waals surface area contributed by atoms with E-state index < -0.39 is 5.60 Å². The normalized spacial score (nSPS) is 13.9. The number of halogens is 1. The van der Waals surface area contributed by atoms with Crippen LogP contribution in [0.25, 0.3) is 21.9 Å². The van der Waals surface area contributed by atoms with E-state index in [-0.39, 0.29) is 5.82 Å². The van der Waals surface area contributed by atoms with Crippen LogP contribution in [0.2, 0.25) is 0 Å². The van der Waals surface area contributed by atoms with Gasteiger partial charge in [0.25, 0.3) is 0 Å². The van der Waals surface area contributed by atoms with E-state index in [0.717, 1.165) is 35.0 Å². The summed E-state index contributed by atoms with van der Waals surface area (Å²) in [6.45, 7) is 4.03. The molecular formula is C24H22FN5O. The number of nitrogens with zero attached hydrogens (tertiary/aromatic N) is 5. The Kier molecular flexibility index (Phi) is 4.42. The number of aromatic nitrogens is 4. The molecule has 0 aliphatic carbocycles. The maximum absolute atomic E-state index is 15.1. The van der Waals surface area contributed by atoms with Crippen LogP contribution < -0.4 is 4.90 Å². The van der Waals surface area contributed by atoms with Crippen LogP contribution >= 0.6 is 0 Å². The summed E-state index contributed by atoms with van der Waals surface area (Å²) < 4.78 is 16.7. The van der Waals surface area contributed by atoms with E-state index in [4.69, 9.17) is 4.98 Å². The molecule has 4 aromatic rings. The van der Waals surface area contributed by atoms with Gasteiger partial charge in [0, 0.05) is 30.2 Å². The molecule has 7 heteroatoms. The molecule has 0 radical (unpaired) electrons. The maximum atomic E-state index is 15.1. The van der Waals surface area contributed by atoms with Crippen LogP contribution in [0.1, 0.15) is 31.4 Å². The number of hydrogen-bond acceptors (Lipinski definition) is 5. The van der Waals surface area contributed by atoms with Gasteiger partial charge in [0.05, 0.1) is 5.39 Å². The van der Waals surface area contributed by atoms with E-state index in [2.05, 4.69) is 22.2 Å². The van der Waals surface area contributed by atoms with Crippen LogP contribution in [0.3, 0.4) is 0 Å². The number of pyridine rings is 1. The van der Waals surface area contributed by atoms with Crippen LogP contribution in [0.4, 0.5) is 15.9 Å². The zero-order chi connectivity index (χ0) is 21.8. The summed E-state index contributed by atoms with van der Waals surface area (Å²) >= 11 is 0. The number of benzene rings is 2. The van der Waals surface area contributed by atoms with Gasteiger partial charge in [-0.2, -0.15) is 0 Å². The number of aryl methyl sites for hydroxylation is 1. The molecule has 1 N–H and O–H groups in total. The van der Waals surface area contributed by atoms with Gasteiger partial charge in [-0.1, -0.05) is 35.3 Å². The molecule has 0 unspecified atom stereocenters. The van der Waals surface area contributed by atoms with Crippen molar-refractivity contribution in [2.45, 2.75) is 32.3 Å². The first kappa shape index (κ1) is 19.5. The second-order valence-electron chi connectivity index (χ2n) is 8.35. The van der Waals surface area contributed by atoms with Crippen molar-refractivity contribution in [2.75, 3.05) is 11.4 Å². The molecule has 0 atom stereocenters. The molecule has 0 saturated heterocycles. The largest absolute Gasteiger partial charge is 0.378 e. The van der Waals surface area contributed by atoms with Crippen LogP contribution in [-0.4, -0.2) is 37.2 Å². The fourth-order valence-corrected chi connectivity index (χ4v) is 4.20. The quantitative estimate of drug-likeness (QED) is 0.478. The Morgan fingerprint density at radius 3 is 2.77 bits per heavy atom. The van der Waals surface area contributed by atoms with E-state index >= 15 is 4.39 Å². The van der Waals surface area contributed by atoms with Crippen LogP contribution in [0.15, 0.2) is 36.4 Å². The van der Waals surface area contributed by atoms with Crippen molar-refractivity contribution in [2.24, 2.45) is 7.05 Å². The molecule has 2 aromatic carbocycles. The fourth-order valence-electron chi connectivity index (χ4n) is 4.20. The van der Waals surface area contributed by atoms with Crippen molar-refractivity contribution in [1.82, 2.24) is 20.0 Å². The number of rotatable bonds is 1. The summed E-state index contributed by atoms with van der Waals surface area (Å²) in [5.74, 6) is 6.23. The predicted molar refractivity (Wildman–Crippen MR) is 119 cm³/mol. The molecule has 2 aromatic heterocycles. The smallest absolute Gasteiger partial charge is 0.204 e. The Morgan fingerprint density at radius 2 is 1.97 bits per heavy atom. The average molecular weight is 415 g/mol. The summed E-state index contributed by atoms with van der Waals surface area (Å²) in [6, 6.07) is 10.9. The fraction of sp³-hybridized carbons (Fsp3) is 0.292. The van der Waals surface area contributed by atoms with E-state index in [9.17, 15) is 5.11 Å². The highest BCUT2D eigenvalue weighted by molar-refractivity contribution is 6.08. The minimum atomic E-state index is -1.07. The molecule has 0 fully saturated rings. The first-order valence-corrected chi connectivity index (χ1v) is 10.3. The second-order valence-corrected chi connectivity index (χ2v) is 8.35. The summed E-state index contributed by atoms with van der Waals surface area (Å²) in [6.07, 6.45) is 1.74. The van der Waals surface area contributed by atoms with Crippen LogP contribution in [0, 0.1) is 17.7 Å². The number of hydrogen-bond donors (Lipinski definition) is 1. The standard InChI is InChI=1S/C24H22FN5O/c1-24(2,31)13-12-15-7-4-11-19-16(15)9-6-14-30(19)23-20-17(8-5-10-18(20)25)21-22(26-23)27-28-29(21)3/h4-5,7-8,10-11,31H,6,9,14H2,1-3H3. The van der Waals surface area contributed by atoms with Crippen molar-refractivity contribution >= 4 is 33.4 Å². The zero-order valence-electron chi connectivity index (χ0n) is 17.6. The molecule has 0 bridgehead atoms. The molecule has 0 amide bonds. The van der Waals surface area contributed by atoms with Crippen LogP contribution in [-0.2, 0) is 13.5 Å². The van der Waals surface area contributed by atoms with Gasteiger partial charge in [0.2, 0.25) is 5.65 Å². The SMILES string of the molecule is Cn1nnc2nc(N3CCCc4c(C#CC(C)(C)O)cccc43)c3c(F)cccc3c21. The Labute approximate surface area is 179 Å². The average Bonchev–Trinajstić information content (AvgIpc) is 3.12. The lowest BCUT2D eigenvalue weighted by Gasteiger charge is -2.32. The van der Waals surface area contributed by atoms with Crippen LogP contribution in [0.5, 0.6) is 0 Å². The Morgan fingerprint density at radius 1 is 1.16 bits per heavy atom. The predicted octanol–water partition coefficient (Wildman–Crippen LogP) is 3.86. The third-order valence-corrected chi connectivity index (χ3v) is 5.52. The van der Waals surface area contributed by atoms with E-state index in [1.807, 2.05) is 29.2 Å². The van der Waals surface area contributed by atoms with Gasteiger partial charge >= 0.3 is 0 Å². The van der Waals surface area contributed by atoms with Gasteiger partial charge in [0.1, 0.15) is 22.8 Å². The highest BCUT2D eigenvalue weighted by Gasteiger charge is 2.26. The molecule has 5 rings (SSSR count). The van der Waals surface area contributed by atoms with Gasteiger partial charge in [-0.05, 0) is 50.5 Å². The van der Waals surface area contributed by atoms with Crippen molar-refractivity contribution in [3.8, 4) is 11.8 Å². The Balaban J connectivity index is 1.75. The second kappa shape index (κ2) is 7.03. The molecule has 6 nitrogen and oxygen atoms in total. The van der Waals surface area contributed by atoms with Gasteiger partial charge in [-0.3, -0.25) is 0 Å². The molecule has 1 aliphatic heterocycles. The lowest BCUT2D eigenvalue weighted by molar-refractivity contribution is 0.143. The maximum Gasteiger partial charge on any atom is 0.204 e. The Bertz CT molecular complexity index is 1390. The monoisotopic (exact) mass is 415 g/mol. The van der Waals surface area contributed by atoms with E-state index in [0.29, 0.717) is 28.9 Å². The first-order chi connectivity index (χ1) is 14.8. The van der Waals surface area contributed by atoms with Gasteiger partial charge < -0.3 is 10.0 Å². The van der Waals surface area contributed by atoms with Crippen molar-refractivity contribution in [1.29, 1.82) is 0 Å². The van der Waals surface area contributed by atoms with Crippen molar-refractivity contribution in [3.63, 3.8) is 0 Å². The molecule has 156 valence electrons. The summed E-state index contributed by atoms with van der Waals surface area (Å²) in [5.41, 5.74) is 3.02. The zero-order valence-corrected chi connectivity index (χ0v) is 17.6. The Hall–Kier alpha value is -3.50. The van der Waals surface area contributed by atoms with Gasteiger partial charge in [0.15, 0.2) is 0 Å². The molecule has 0 saturated carbocycles. The lowest BCUT2D eigenvalue weighted by atomic mass is 9.95. The number of fused-ring (bicyclic) bond motifs is 4. The molecule has 0 spiro atoms. The van der Waals surface area contributed by atoms with Crippen molar-refractivity contribution < 1.29 is 9.50 Å². The minimum Gasteiger partial charge on any atom is -0.378 e. The summed E-state index contributed by atoms with van der Waals surface area (Å²) in [5, 5.41) is 19.5. The highest BCUT2D eigenvalue weighted by atomic mass is 19.1. The summed E-state index contributed by atoms with van der Waals surface area (Å²) in [7, 11) is 1.78. The lowest BCUT2D eigenvalue weighted by Crippen LogP contribution is -2.26. The number of aliphatic hydroxyl groups is 1. The van der Waals surface area contributed by atoms with Gasteiger partial charge in [-0.15, -0.1) is 5.10 Å². The number of anilines is 2. The van der Waals surface area contributed by atoms with Crippen molar-refractivity contribution in [3.05, 3.63) is 53.3 Å². The first-order valence-electron chi connectivity index (χ1n) is 10.3. The van der Waals surface area contributed by atoms with Gasteiger partial charge in [-0.25, -0.2) is 14.1 Å². The summed E-state index contributed by atoms with van der Waals surface area (Å²) in [4.78, 5) is 6.79. The molecule has 31 heavy (non-hydrogen) atoms.